The van der Waals surface area contributed by atoms with Gasteiger partial charge in [0, 0.05) is 38.0 Å². The third-order valence-corrected chi connectivity index (χ3v) is 5.12. The Hall–Kier alpha value is -2.39. The van der Waals surface area contributed by atoms with Gasteiger partial charge in [-0.2, -0.15) is 13.9 Å². The Morgan fingerprint density at radius 2 is 2.07 bits per heavy atom. The zero-order chi connectivity index (χ0) is 21.4. The fraction of sp³-hybridized carbons (Fsp3) is 0.737. The number of alkyl carbamates (subject to hydrolysis) is 1. The van der Waals surface area contributed by atoms with Crippen LogP contribution in [-0.2, 0) is 34.9 Å². The van der Waals surface area contributed by atoms with Crippen molar-refractivity contribution in [1.29, 1.82) is 0 Å². The molecule has 0 bridgehead atoms. The summed E-state index contributed by atoms with van der Waals surface area (Å²) >= 11 is 0. The quantitative estimate of drug-likeness (QED) is 0.804. The van der Waals surface area contributed by atoms with Gasteiger partial charge >= 0.3 is 12.2 Å². The van der Waals surface area contributed by atoms with Crippen LogP contribution in [0.1, 0.15) is 50.6 Å². The van der Waals surface area contributed by atoms with Crippen molar-refractivity contribution in [3.05, 3.63) is 17.0 Å². The fourth-order valence-electron chi connectivity index (χ4n) is 3.76. The summed E-state index contributed by atoms with van der Waals surface area (Å²) in [7, 11) is 1.26. The third-order valence-electron chi connectivity index (χ3n) is 5.12. The van der Waals surface area contributed by atoms with Gasteiger partial charge < -0.3 is 19.7 Å². The minimum atomic E-state index is -3.06. The molecule has 3 heterocycles. The summed E-state index contributed by atoms with van der Waals surface area (Å²) in [6.07, 6.45) is -0.805. The molecule has 0 fully saturated rings. The van der Waals surface area contributed by atoms with Crippen LogP contribution in [0, 0.1) is 5.92 Å². The van der Waals surface area contributed by atoms with Crippen molar-refractivity contribution in [2.24, 2.45) is 5.92 Å². The lowest BCUT2D eigenvalue weighted by Crippen LogP contribution is -2.40. The summed E-state index contributed by atoms with van der Waals surface area (Å²) in [4.78, 5) is 25.2. The molecule has 0 radical (unpaired) electrons. The van der Waals surface area contributed by atoms with Gasteiger partial charge in [0.05, 0.1) is 19.3 Å². The van der Waals surface area contributed by atoms with Gasteiger partial charge in [0.25, 0.3) is 5.92 Å². The highest BCUT2D eigenvalue weighted by Crippen LogP contribution is 2.41. The molecule has 3 rings (SSSR count). The molecule has 2 aliphatic heterocycles. The molecule has 1 atom stereocenters. The Morgan fingerprint density at radius 1 is 1.34 bits per heavy atom. The van der Waals surface area contributed by atoms with E-state index in [0.29, 0.717) is 24.2 Å². The molecule has 0 aliphatic carbocycles. The van der Waals surface area contributed by atoms with Gasteiger partial charge in [-0.3, -0.25) is 4.68 Å². The largest absolute Gasteiger partial charge is 0.453 e. The standard InChI is InChI=1S/C19H28F2N4O4/c1-18(2,3)29-17(27)24-8-6-14-13(11-24)15-19(20,21)7-5-12(10-25(15)23-14)9-22-16(26)28-4/h12H,5-11H2,1-4H3,(H,22,26). The van der Waals surface area contributed by atoms with E-state index in [4.69, 9.17) is 4.74 Å². The number of nitrogens with zero attached hydrogens (tertiary/aromatic N) is 3. The number of amides is 2. The van der Waals surface area contributed by atoms with Crippen molar-refractivity contribution in [3.63, 3.8) is 0 Å². The first-order valence-corrected chi connectivity index (χ1v) is 9.77. The van der Waals surface area contributed by atoms with Crippen molar-refractivity contribution in [2.75, 3.05) is 20.2 Å². The van der Waals surface area contributed by atoms with Crippen LogP contribution >= 0.6 is 0 Å². The minimum Gasteiger partial charge on any atom is -0.453 e. The number of hydrogen-bond donors (Lipinski definition) is 1. The Balaban J connectivity index is 1.82. The van der Waals surface area contributed by atoms with Gasteiger partial charge in [-0.25, -0.2) is 9.59 Å². The molecule has 10 heteroatoms. The number of halogens is 2. The topological polar surface area (TPSA) is 85.7 Å². The second-order valence-corrected chi connectivity index (χ2v) is 8.59. The van der Waals surface area contributed by atoms with Crippen molar-refractivity contribution in [1.82, 2.24) is 20.0 Å². The van der Waals surface area contributed by atoms with Crippen LogP contribution in [0.5, 0.6) is 0 Å². The highest BCUT2D eigenvalue weighted by molar-refractivity contribution is 5.68. The predicted molar refractivity (Wildman–Crippen MR) is 99.6 cm³/mol. The zero-order valence-corrected chi connectivity index (χ0v) is 17.3. The van der Waals surface area contributed by atoms with Crippen molar-refractivity contribution >= 4 is 12.2 Å². The molecule has 1 unspecified atom stereocenters. The number of methoxy groups -OCH3 is 1. The smallest absolute Gasteiger partial charge is 0.410 e. The van der Waals surface area contributed by atoms with E-state index in [2.05, 4.69) is 15.2 Å². The first-order chi connectivity index (χ1) is 13.5. The van der Waals surface area contributed by atoms with Crippen LogP contribution in [0.25, 0.3) is 0 Å². The highest BCUT2D eigenvalue weighted by atomic mass is 19.3. The molecule has 1 N–H and O–H groups in total. The molecule has 8 nitrogen and oxygen atoms in total. The summed E-state index contributed by atoms with van der Waals surface area (Å²) in [6.45, 7) is 6.23. The average Bonchev–Trinajstić information content (AvgIpc) is 2.94. The summed E-state index contributed by atoms with van der Waals surface area (Å²) in [5.74, 6) is -3.25. The lowest BCUT2D eigenvalue weighted by atomic mass is 9.98. The normalized spacial score (nSPS) is 20.9. The van der Waals surface area contributed by atoms with E-state index in [1.54, 1.807) is 20.8 Å². The van der Waals surface area contributed by atoms with Crippen LogP contribution in [0.3, 0.4) is 0 Å². The minimum absolute atomic E-state index is 0.0558. The molecule has 2 aliphatic rings. The van der Waals surface area contributed by atoms with Crippen LogP contribution < -0.4 is 5.32 Å². The maximum atomic E-state index is 15.0. The molecule has 1 aromatic heterocycles. The third kappa shape index (κ3) is 4.79. The second-order valence-electron chi connectivity index (χ2n) is 8.59. The molecule has 2 amide bonds. The molecule has 29 heavy (non-hydrogen) atoms. The number of hydrogen-bond acceptors (Lipinski definition) is 5. The fourth-order valence-corrected chi connectivity index (χ4v) is 3.76. The molecule has 0 saturated carbocycles. The number of ether oxygens (including phenoxy) is 2. The number of alkyl halides is 2. The van der Waals surface area contributed by atoms with Crippen molar-refractivity contribution in [3.8, 4) is 0 Å². The van der Waals surface area contributed by atoms with Crippen molar-refractivity contribution in [2.45, 2.75) is 64.6 Å². The van der Waals surface area contributed by atoms with E-state index in [1.807, 2.05) is 0 Å². The first-order valence-electron chi connectivity index (χ1n) is 9.77. The summed E-state index contributed by atoms with van der Waals surface area (Å²) < 4.78 is 41.3. The average molecular weight is 414 g/mol. The van der Waals surface area contributed by atoms with E-state index in [0.717, 1.165) is 0 Å². The molecular formula is C19H28F2N4O4. The molecule has 0 spiro atoms. The highest BCUT2D eigenvalue weighted by Gasteiger charge is 2.44. The van der Waals surface area contributed by atoms with E-state index in [1.165, 1.54) is 16.7 Å². The van der Waals surface area contributed by atoms with Gasteiger partial charge in [0.15, 0.2) is 0 Å². The van der Waals surface area contributed by atoms with E-state index >= 15 is 8.78 Å². The molecule has 162 valence electrons. The maximum Gasteiger partial charge on any atom is 0.410 e. The molecule has 0 aromatic carbocycles. The number of carbonyl (C=O) groups is 2. The summed E-state index contributed by atoms with van der Waals surface area (Å²) in [5.41, 5.74) is 0.230. The lowest BCUT2D eigenvalue weighted by Gasteiger charge is -2.30. The monoisotopic (exact) mass is 414 g/mol. The summed E-state index contributed by atoms with van der Waals surface area (Å²) in [5, 5.41) is 7.00. The van der Waals surface area contributed by atoms with Crippen LogP contribution in [0.15, 0.2) is 0 Å². The number of nitrogens with one attached hydrogen (secondary N) is 1. The first kappa shape index (κ1) is 21.3. The van der Waals surface area contributed by atoms with Crippen LogP contribution in [-0.4, -0.2) is 52.7 Å². The van der Waals surface area contributed by atoms with Gasteiger partial charge in [-0.05, 0) is 33.1 Å². The maximum absolute atomic E-state index is 15.0. The number of rotatable bonds is 2. The number of carbonyl (C=O) groups excluding carboxylic acids is 2. The Kier molecular flexibility index (Phi) is 5.73. The van der Waals surface area contributed by atoms with Crippen molar-refractivity contribution < 1.29 is 27.8 Å². The lowest BCUT2D eigenvalue weighted by molar-refractivity contribution is -0.0225. The van der Waals surface area contributed by atoms with Crippen LogP contribution in [0.4, 0.5) is 18.4 Å². The van der Waals surface area contributed by atoms with Crippen LogP contribution in [0.2, 0.25) is 0 Å². The Bertz CT molecular complexity index is 788. The number of fused-ring (bicyclic) bond motifs is 3. The molecular weight excluding hydrogens is 386 g/mol. The molecule has 0 saturated heterocycles. The Labute approximate surface area is 168 Å². The van der Waals surface area contributed by atoms with E-state index < -0.39 is 23.7 Å². The zero-order valence-electron chi connectivity index (χ0n) is 17.3. The SMILES string of the molecule is COC(=O)NCC1CCC(F)(F)c2c3c(nn2C1)CCN(C(=O)OC(C)(C)C)C3. The van der Waals surface area contributed by atoms with E-state index in [9.17, 15) is 9.59 Å². The van der Waals surface area contributed by atoms with Gasteiger partial charge in [-0.1, -0.05) is 0 Å². The second kappa shape index (κ2) is 7.79. The van der Waals surface area contributed by atoms with Gasteiger partial charge in [-0.15, -0.1) is 0 Å². The molecule has 1 aromatic rings. The van der Waals surface area contributed by atoms with Gasteiger partial charge in [0.2, 0.25) is 0 Å². The number of aromatic nitrogens is 2. The summed E-state index contributed by atoms with van der Waals surface area (Å²) in [6, 6.07) is 0. The Morgan fingerprint density at radius 3 is 2.72 bits per heavy atom. The van der Waals surface area contributed by atoms with E-state index in [-0.39, 0.29) is 44.1 Å². The predicted octanol–water partition coefficient (Wildman–Crippen LogP) is 3.03. The van der Waals surface area contributed by atoms with Gasteiger partial charge in [0.1, 0.15) is 11.3 Å².